The smallest absolute Gasteiger partial charge is 0.239 e. The molecule has 0 aliphatic carbocycles. The van der Waals surface area contributed by atoms with Crippen molar-refractivity contribution in [1.29, 1.82) is 0 Å². The number of hydrogen-bond acceptors (Lipinski definition) is 2. The van der Waals surface area contributed by atoms with Crippen LogP contribution in [0, 0.1) is 0 Å². The van der Waals surface area contributed by atoms with Crippen LogP contribution >= 0.6 is 12.8 Å². The molecule has 0 amide bonds. The second-order valence-corrected chi connectivity index (χ2v) is 1.40. The summed E-state index contributed by atoms with van der Waals surface area (Å²) >= 11 is 3.51. The molecule has 0 aromatic carbocycles. The van der Waals surface area contributed by atoms with Gasteiger partial charge in [-0.25, -0.2) is 8.78 Å². The van der Waals surface area contributed by atoms with Gasteiger partial charge in [-0.15, -0.1) is 0 Å². The molecule has 1 N–H and O–H groups in total. The lowest BCUT2D eigenvalue weighted by Crippen LogP contribution is -2.05. The monoisotopic (exact) mass is 127 g/mol. The van der Waals surface area contributed by atoms with Crippen LogP contribution in [-0.2, 0) is 0 Å². The Hall–Kier alpha value is 0.170. The average molecular weight is 127 g/mol. The van der Waals surface area contributed by atoms with Crippen LogP contribution in [0.25, 0.3) is 0 Å². The first-order valence-corrected chi connectivity index (χ1v) is 2.37. The summed E-state index contributed by atoms with van der Waals surface area (Å²) in [5.41, 5.74) is 0. The molecule has 0 aromatic heterocycles. The number of alkyl halides is 2. The Bertz CT molecular complexity index is 41.9. The predicted molar refractivity (Wildman–Crippen MR) is 27.6 cm³/mol. The maximum Gasteiger partial charge on any atom is 0.239 e. The molecule has 0 heterocycles. The van der Waals surface area contributed by atoms with Crippen molar-refractivity contribution in [2.75, 3.05) is 6.54 Å². The van der Waals surface area contributed by atoms with E-state index >= 15 is 0 Å². The molecular formula is C3H7F2NS. The van der Waals surface area contributed by atoms with Gasteiger partial charge in [0.15, 0.2) is 0 Å². The van der Waals surface area contributed by atoms with E-state index in [0.29, 0.717) is 0 Å². The summed E-state index contributed by atoms with van der Waals surface area (Å²) in [6.45, 7) is 0.265. The zero-order valence-corrected chi connectivity index (χ0v) is 4.59. The summed E-state index contributed by atoms with van der Waals surface area (Å²) in [4.78, 5) is 0. The maximum atomic E-state index is 11.1. The summed E-state index contributed by atoms with van der Waals surface area (Å²) in [5.74, 6) is 0. The lowest BCUT2D eigenvalue weighted by atomic mass is 10.5. The highest BCUT2D eigenvalue weighted by molar-refractivity contribution is 7.78. The number of hydrogen-bond donors (Lipinski definition) is 2. The summed E-state index contributed by atoms with van der Waals surface area (Å²) in [6.07, 6.45) is -2.33. The van der Waals surface area contributed by atoms with Gasteiger partial charge in [-0.05, 0) is 0 Å². The van der Waals surface area contributed by atoms with Crippen LogP contribution in [0.2, 0.25) is 0 Å². The van der Waals surface area contributed by atoms with E-state index in [-0.39, 0.29) is 13.0 Å². The van der Waals surface area contributed by atoms with Gasteiger partial charge in [-0.3, -0.25) is 4.72 Å². The third kappa shape index (κ3) is 6.17. The van der Waals surface area contributed by atoms with Crippen molar-refractivity contribution in [3.8, 4) is 0 Å². The Morgan fingerprint density at radius 3 is 2.29 bits per heavy atom. The lowest BCUT2D eigenvalue weighted by molar-refractivity contribution is 0.139. The molecule has 0 aliphatic rings. The van der Waals surface area contributed by atoms with Gasteiger partial charge in [-0.2, -0.15) is 0 Å². The Morgan fingerprint density at radius 2 is 2.14 bits per heavy atom. The van der Waals surface area contributed by atoms with Crippen LogP contribution in [0.3, 0.4) is 0 Å². The largest absolute Gasteiger partial charge is 0.267 e. The molecule has 0 rings (SSSR count). The van der Waals surface area contributed by atoms with Crippen LogP contribution < -0.4 is 4.72 Å². The second-order valence-electron chi connectivity index (χ2n) is 1.09. The first-order chi connectivity index (χ1) is 3.27. The van der Waals surface area contributed by atoms with E-state index in [0.717, 1.165) is 0 Å². The predicted octanol–water partition coefficient (Wildman–Crippen LogP) is 1.08. The van der Waals surface area contributed by atoms with Gasteiger partial charge in [0.05, 0.1) is 0 Å². The van der Waals surface area contributed by atoms with E-state index in [2.05, 4.69) is 17.5 Å². The summed E-state index contributed by atoms with van der Waals surface area (Å²) in [5, 5.41) is 0. The van der Waals surface area contributed by atoms with Gasteiger partial charge in [-0.1, -0.05) is 12.8 Å². The highest BCUT2D eigenvalue weighted by atomic mass is 32.1. The number of nitrogens with one attached hydrogen (secondary N) is 1. The Balaban J connectivity index is 2.68. The number of halogens is 2. The molecular weight excluding hydrogens is 120 g/mol. The fraction of sp³-hybridized carbons (Fsp3) is 1.00. The molecule has 0 unspecified atom stereocenters. The SMILES string of the molecule is FC(F)CCNS. The molecule has 0 aromatic rings. The van der Waals surface area contributed by atoms with Gasteiger partial charge >= 0.3 is 0 Å². The third-order valence-electron chi connectivity index (χ3n) is 0.474. The fourth-order valence-electron chi connectivity index (χ4n) is 0.174. The highest BCUT2D eigenvalue weighted by Gasteiger charge is 1.97. The van der Waals surface area contributed by atoms with Crippen molar-refractivity contribution in [3.63, 3.8) is 0 Å². The van der Waals surface area contributed by atoms with Crippen molar-refractivity contribution in [2.24, 2.45) is 0 Å². The highest BCUT2D eigenvalue weighted by Crippen LogP contribution is 1.95. The molecule has 0 saturated carbocycles. The molecule has 0 aliphatic heterocycles. The van der Waals surface area contributed by atoms with E-state index in [1.54, 1.807) is 0 Å². The van der Waals surface area contributed by atoms with Crippen LogP contribution in [0.4, 0.5) is 8.78 Å². The third-order valence-corrected chi connectivity index (χ3v) is 0.698. The quantitative estimate of drug-likeness (QED) is 0.540. The first-order valence-electron chi connectivity index (χ1n) is 1.92. The second kappa shape index (κ2) is 4.33. The summed E-state index contributed by atoms with van der Waals surface area (Å²) < 4.78 is 24.6. The van der Waals surface area contributed by atoms with Crippen LogP contribution in [0.15, 0.2) is 0 Å². The molecule has 0 fully saturated rings. The number of thiol groups is 1. The molecule has 7 heavy (non-hydrogen) atoms. The van der Waals surface area contributed by atoms with Crippen molar-refractivity contribution < 1.29 is 8.78 Å². The van der Waals surface area contributed by atoms with E-state index < -0.39 is 6.43 Å². The van der Waals surface area contributed by atoms with Gasteiger partial charge in [0.2, 0.25) is 6.43 Å². The Morgan fingerprint density at radius 1 is 1.57 bits per heavy atom. The topological polar surface area (TPSA) is 12.0 Å². The molecule has 4 heteroatoms. The van der Waals surface area contributed by atoms with Crippen molar-refractivity contribution in [2.45, 2.75) is 12.8 Å². The van der Waals surface area contributed by atoms with Crippen molar-refractivity contribution >= 4 is 12.8 Å². The van der Waals surface area contributed by atoms with Crippen LogP contribution in [-0.4, -0.2) is 13.0 Å². The maximum absolute atomic E-state index is 11.1. The fourth-order valence-corrected chi connectivity index (χ4v) is 0.303. The van der Waals surface area contributed by atoms with Crippen molar-refractivity contribution in [3.05, 3.63) is 0 Å². The Labute approximate surface area is 46.6 Å². The van der Waals surface area contributed by atoms with Crippen LogP contribution in [0.5, 0.6) is 0 Å². The molecule has 0 saturated heterocycles. The minimum atomic E-state index is -2.21. The lowest BCUT2D eigenvalue weighted by Gasteiger charge is -1.93. The van der Waals surface area contributed by atoms with E-state index in [1.165, 1.54) is 0 Å². The molecule has 44 valence electrons. The summed E-state index contributed by atoms with van der Waals surface area (Å²) in [7, 11) is 0. The van der Waals surface area contributed by atoms with Gasteiger partial charge in [0.25, 0.3) is 0 Å². The molecule has 0 bridgehead atoms. The van der Waals surface area contributed by atoms with Gasteiger partial charge in [0.1, 0.15) is 0 Å². The van der Waals surface area contributed by atoms with E-state index in [1.807, 2.05) is 0 Å². The zero-order chi connectivity index (χ0) is 5.70. The van der Waals surface area contributed by atoms with E-state index in [9.17, 15) is 8.78 Å². The van der Waals surface area contributed by atoms with Gasteiger partial charge in [0, 0.05) is 13.0 Å². The molecule has 0 radical (unpaired) electrons. The van der Waals surface area contributed by atoms with Gasteiger partial charge < -0.3 is 0 Å². The number of rotatable bonds is 3. The zero-order valence-electron chi connectivity index (χ0n) is 3.69. The molecule has 0 spiro atoms. The molecule has 0 atom stereocenters. The standard InChI is InChI=1S/C3H7F2NS/c4-3(5)1-2-6-7/h3,6-7H,1-2H2. The first kappa shape index (κ1) is 7.17. The minimum Gasteiger partial charge on any atom is -0.267 e. The normalized spacial score (nSPS) is 10.3. The Kier molecular flexibility index (Phi) is 4.44. The van der Waals surface area contributed by atoms with Crippen LogP contribution in [0.1, 0.15) is 6.42 Å². The molecule has 1 nitrogen and oxygen atoms in total. The minimum absolute atomic E-state index is 0.122. The van der Waals surface area contributed by atoms with E-state index in [4.69, 9.17) is 0 Å². The average Bonchev–Trinajstić information content (AvgIpc) is 1.61. The van der Waals surface area contributed by atoms with Crippen molar-refractivity contribution in [1.82, 2.24) is 4.72 Å². The summed E-state index contributed by atoms with van der Waals surface area (Å²) in [6, 6.07) is 0.